The SMILES string of the molecule is C1=C[C@@H](OCCCc2ccccc2)CCCCC1. The molecule has 0 radical (unpaired) electrons. The number of ether oxygens (including phenoxy) is 1. The van der Waals surface area contributed by atoms with E-state index in [1.807, 2.05) is 0 Å². The second-order valence-corrected chi connectivity index (χ2v) is 5.06. The van der Waals surface area contributed by atoms with Crippen LogP contribution in [0.4, 0.5) is 0 Å². The van der Waals surface area contributed by atoms with Gasteiger partial charge in [0, 0.05) is 6.61 Å². The van der Waals surface area contributed by atoms with E-state index in [4.69, 9.17) is 4.74 Å². The molecule has 1 aromatic carbocycles. The van der Waals surface area contributed by atoms with E-state index in [2.05, 4.69) is 42.5 Å². The van der Waals surface area contributed by atoms with E-state index >= 15 is 0 Å². The van der Waals surface area contributed by atoms with Crippen LogP contribution >= 0.6 is 0 Å². The van der Waals surface area contributed by atoms with Gasteiger partial charge in [-0.1, -0.05) is 55.3 Å². The van der Waals surface area contributed by atoms with E-state index in [1.54, 1.807) is 0 Å². The van der Waals surface area contributed by atoms with Gasteiger partial charge < -0.3 is 4.74 Å². The Labute approximate surface area is 111 Å². The molecule has 0 fully saturated rings. The van der Waals surface area contributed by atoms with Crippen LogP contribution in [0.15, 0.2) is 42.5 Å². The van der Waals surface area contributed by atoms with Gasteiger partial charge in [-0.15, -0.1) is 0 Å². The second-order valence-electron chi connectivity index (χ2n) is 5.06. The number of aryl methyl sites for hydroxylation is 1. The molecule has 0 unspecified atom stereocenters. The molecule has 0 saturated heterocycles. The highest BCUT2D eigenvalue weighted by Crippen LogP contribution is 2.14. The molecule has 0 amide bonds. The van der Waals surface area contributed by atoms with Gasteiger partial charge in [0.15, 0.2) is 0 Å². The fourth-order valence-electron chi connectivity index (χ4n) is 2.42. The lowest BCUT2D eigenvalue weighted by molar-refractivity contribution is 0.0750. The van der Waals surface area contributed by atoms with Gasteiger partial charge >= 0.3 is 0 Å². The third kappa shape index (κ3) is 5.05. The van der Waals surface area contributed by atoms with Crippen LogP contribution in [0.3, 0.4) is 0 Å². The molecular formula is C17H24O. The first kappa shape index (κ1) is 13.4. The van der Waals surface area contributed by atoms with Crippen molar-refractivity contribution in [1.82, 2.24) is 0 Å². The molecule has 1 aromatic rings. The molecule has 0 saturated carbocycles. The molecule has 0 aromatic heterocycles. The van der Waals surface area contributed by atoms with Gasteiger partial charge in [-0.25, -0.2) is 0 Å². The summed E-state index contributed by atoms with van der Waals surface area (Å²) < 4.78 is 5.95. The molecule has 0 spiro atoms. The lowest BCUT2D eigenvalue weighted by Gasteiger charge is -2.16. The number of benzene rings is 1. The molecule has 2 rings (SSSR count). The fourth-order valence-corrected chi connectivity index (χ4v) is 2.42. The van der Waals surface area contributed by atoms with E-state index in [-0.39, 0.29) is 0 Å². The summed E-state index contributed by atoms with van der Waals surface area (Å²) in [6.45, 7) is 0.879. The van der Waals surface area contributed by atoms with Crippen LogP contribution in [0.5, 0.6) is 0 Å². The molecule has 1 heteroatoms. The molecule has 18 heavy (non-hydrogen) atoms. The Hall–Kier alpha value is -1.08. The molecule has 1 atom stereocenters. The number of rotatable bonds is 5. The van der Waals surface area contributed by atoms with Crippen LogP contribution in [0.25, 0.3) is 0 Å². The normalized spacial score (nSPS) is 20.3. The summed E-state index contributed by atoms with van der Waals surface area (Å²) in [4.78, 5) is 0. The highest BCUT2D eigenvalue weighted by Gasteiger charge is 2.06. The molecule has 98 valence electrons. The van der Waals surface area contributed by atoms with Crippen molar-refractivity contribution in [2.24, 2.45) is 0 Å². The number of hydrogen-bond donors (Lipinski definition) is 0. The standard InChI is InChI=1S/C17H24O/c1-2-7-13-17(14-8-3-1)18-15-9-12-16-10-5-4-6-11-16/h4-7,10-11,13,17H,1-3,8-9,12,14-15H2/t17-/m1/s1. The van der Waals surface area contributed by atoms with Crippen LogP contribution in [0.2, 0.25) is 0 Å². The Morgan fingerprint density at radius 1 is 1.06 bits per heavy atom. The zero-order valence-electron chi connectivity index (χ0n) is 11.2. The summed E-state index contributed by atoms with van der Waals surface area (Å²) in [6, 6.07) is 10.7. The van der Waals surface area contributed by atoms with Crippen LogP contribution < -0.4 is 0 Å². The van der Waals surface area contributed by atoms with E-state index < -0.39 is 0 Å². The van der Waals surface area contributed by atoms with Gasteiger partial charge in [0.1, 0.15) is 0 Å². The Morgan fingerprint density at radius 2 is 1.94 bits per heavy atom. The fraction of sp³-hybridized carbons (Fsp3) is 0.529. The number of allylic oxidation sites excluding steroid dienone is 1. The minimum Gasteiger partial charge on any atom is -0.374 e. The van der Waals surface area contributed by atoms with Crippen molar-refractivity contribution < 1.29 is 4.74 Å². The van der Waals surface area contributed by atoms with Gasteiger partial charge in [0.05, 0.1) is 6.10 Å². The van der Waals surface area contributed by atoms with Gasteiger partial charge in [-0.2, -0.15) is 0 Å². The largest absolute Gasteiger partial charge is 0.374 e. The lowest BCUT2D eigenvalue weighted by atomic mass is 10.0. The first-order chi connectivity index (χ1) is 8.95. The highest BCUT2D eigenvalue weighted by molar-refractivity contribution is 5.14. The molecular weight excluding hydrogens is 220 g/mol. The minimum absolute atomic E-state index is 0.362. The van der Waals surface area contributed by atoms with Crippen molar-refractivity contribution in [2.45, 2.75) is 51.0 Å². The Balaban J connectivity index is 1.64. The lowest BCUT2D eigenvalue weighted by Crippen LogP contribution is -2.12. The van der Waals surface area contributed by atoms with Gasteiger partial charge in [-0.05, 0) is 37.7 Å². The summed E-state index contributed by atoms with van der Waals surface area (Å²) in [6.07, 6.45) is 13.6. The average molecular weight is 244 g/mol. The Morgan fingerprint density at radius 3 is 2.83 bits per heavy atom. The van der Waals surface area contributed by atoms with Crippen molar-refractivity contribution in [3.05, 3.63) is 48.0 Å². The van der Waals surface area contributed by atoms with Crippen LogP contribution in [-0.2, 0) is 11.2 Å². The second kappa shape index (κ2) is 8.10. The topological polar surface area (TPSA) is 9.23 Å². The third-order valence-electron chi connectivity index (χ3n) is 3.49. The van der Waals surface area contributed by atoms with E-state index in [0.717, 1.165) is 19.4 Å². The summed E-state index contributed by atoms with van der Waals surface area (Å²) in [5.41, 5.74) is 1.41. The number of hydrogen-bond acceptors (Lipinski definition) is 1. The predicted octanol–water partition coefficient (Wildman–Crippen LogP) is 4.52. The molecule has 0 aliphatic heterocycles. The Bertz CT molecular complexity index is 342. The van der Waals surface area contributed by atoms with E-state index in [1.165, 1.54) is 37.7 Å². The molecule has 1 aliphatic rings. The third-order valence-corrected chi connectivity index (χ3v) is 3.49. The predicted molar refractivity (Wildman–Crippen MR) is 76.7 cm³/mol. The molecule has 1 aliphatic carbocycles. The van der Waals surface area contributed by atoms with E-state index in [0.29, 0.717) is 6.10 Å². The maximum atomic E-state index is 5.95. The minimum atomic E-state index is 0.362. The van der Waals surface area contributed by atoms with Crippen LogP contribution in [0.1, 0.15) is 44.1 Å². The molecule has 0 bridgehead atoms. The van der Waals surface area contributed by atoms with Crippen molar-refractivity contribution in [3.8, 4) is 0 Å². The molecule has 0 N–H and O–H groups in total. The zero-order valence-corrected chi connectivity index (χ0v) is 11.2. The maximum absolute atomic E-state index is 5.95. The summed E-state index contributed by atoms with van der Waals surface area (Å²) in [7, 11) is 0. The van der Waals surface area contributed by atoms with Gasteiger partial charge in [-0.3, -0.25) is 0 Å². The summed E-state index contributed by atoms with van der Waals surface area (Å²) in [5.74, 6) is 0. The first-order valence-corrected chi connectivity index (χ1v) is 7.27. The first-order valence-electron chi connectivity index (χ1n) is 7.27. The van der Waals surface area contributed by atoms with E-state index in [9.17, 15) is 0 Å². The van der Waals surface area contributed by atoms with Crippen LogP contribution in [-0.4, -0.2) is 12.7 Å². The summed E-state index contributed by atoms with van der Waals surface area (Å²) >= 11 is 0. The molecule has 1 nitrogen and oxygen atoms in total. The Kier molecular flexibility index (Phi) is 6.01. The van der Waals surface area contributed by atoms with Crippen LogP contribution in [0, 0.1) is 0 Å². The molecule has 0 heterocycles. The van der Waals surface area contributed by atoms with Crippen molar-refractivity contribution in [1.29, 1.82) is 0 Å². The van der Waals surface area contributed by atoms with Gasteiger partial charge in [0.2, 0.25) is 0 Å². The quantitative estimate of drug-likeness (QED) is 0.546. The maximum Gasteiger partial charge on any atom is 0.0755 e. The smallest absolute Gasteiger partial charge is 0.0755 e. The van der Waals surface area contributed by atoms with Crippen molar-refractivity contribution >= 4 is 0 Å². The van der Waals surface area contributed by atoms with Gasteiger partial charge in [0.25, 0.3) is 0 Å². The zero-order chi connectivity index (χ0) is 12.5. The highest BCUT2D eigenvalue weighted by atomic mass is 16.5. The van der Waals surface area contributed by atoms with Crippen molar-refractivity contribution in [3.63, 3.8) is 0 Å². The monoisotopic (exact) mass is 244 g/mol. The summed E-state index contributed by atoms with van der Waals surface area (Å²) in [5, 5.41) is 0. The van der Waals surface area contributed by atoms with Crippen molar-refractivity contribution in [2.75, 3.05) is 6.61 Å². The average Bonchev–Trinajstić information content (AvgIpc) is 2.38.